The van der Waals surface area contributed by atoms with Gasteiger partial charge in [-0.2, -0.15) is 9.40 Å². The summed E-state index contributed by atoms with van der Waals surface area (Å²) in [4.78, 5) is 15.9. The second-order valence-corrected chi connectivity index (χ2v) is 11.7. The van der Waals surface area contributed by atoms with Gasteiger partial charge in [0.15, 0.2) is 0 Å². The van der Waals surface area contributed by atoms with Gasteiger partial charge in [0.1, 0.15) is 4.90 Å². The standard InChI is InChI=1S/C25H37N5O3S/c1-18-24(19(2)28-27-18)34(32,33)30-15-9-11-21(17-30)25(31)26-23-14-8-7-10-20(23)16-29(3)22-12-5-4-6-13-22/h7-8,10,14,21-22H,4-6,9,11-13,15-17H2,1-3H3,(H,26,31)(H,27,28)/t21-/m1/s1. The molecule has 2 aliphatic rings. The topological polar surface area (TPSA) is 98.4 Å². The van der Waals surface area contributed by atoms with E-state index in [0.717, 1.165) is 17.8 Å². The summed E-state index contributed by atoms with van der Waals surface area (Å²) in [5, 5.41) is 9.91. The maximum absolute atomic E-state index is 13.3. The van der Waals surface area contributed by atoms with Crippen molar-refractivity contribution < 1.29 is 13.2 Å². The molecule has 2 fully saturated rings. The lowest BCUT2D eigenvalue weighted by atomic mass is 9.94. The number of rotatable bonds is 7. The number of aromatic nitrogens is 2. The van der Waals surface area contributed by atoms with Gasteiger partial charge in [-0.15, -0.1) is 0 Å². The number of anilines is 1. The summed E-state index contributed by atoms with van der Waals surface area (Å²) >= 11 is 0. The fourth-order valence-corrected chi connectivity index (χ4v) is 7.21. The van der Waals surface area contributed by atoms with Gasteiger partial charge in [-0.1, -0.05) is 37.5 Å². The molecule has 34 heavy (non-hydrogen) atoms. The smallest absolute Gasteiger partial charge is 0.246 e. The summed E-state index contributed by atoms with van der Waals surface area (Å²) in [6, 6.07) is 8.53. The number of nitrogens with one attached hydrogen (secondary N) is 2. The van der Waals surface area contributed by atoms with Crippen molar-refractivity contribution in [2.45, 2.75) is 76.3 Å². The molecule has 1 aromatic carbocycles. The Morgan fingerprint density at radius 3 is 2.59 bits per heavy atom. The minimum absolute atomic E-state index is 0.117. The zero-order valence-corrected chi connectivity index (χ0v) is 21.3. The van der Waals surface area contributed by atoms with Crippen molar-refractivity contribution in [2.75, 3.05) is 25.5 Å². The van der Waals surface area contributed by atoms with Crippen molar-refractivity contribution in [3.8, 4) is 0 Å². The van der Waals surface area contributed by atoms with Crippen LogP contribution in [0.5, 0.6) is 0 Å². The van der Waals surface area contributed by atoms with Gasteiger partial charge in [0.25, 0.3) is 0 Å². The second kappa shape index (κ2) is 10.6. The van der Waals surface area contributed by atoms with Gasteiger partial charge in [-0.05, 0) is 58.2 Å². The first-order chi connectivity index (χ1) is 16.3. The van der Waals surface area contributed by atoms with E-state index < -0.39 is 10.0 Å². The zero-order chi connectivity index (χ0) is 24.3. The van der Waals surface area contributed by atoms with Crippen molar-refractivity contribution in [2.24, 2.45) is 5.92 Å². The van der Waals surface area contributed by atoms with Crippen molar-refractivity contribution in [1.82, 2.24) is 19.4 Å². The van der Waals surface area contributed by atoms with Crippen LogP contribution in [-0.4, -0.2) is 59.9 Å². The summed E-state index contributed by atoms with van der Waals surface area (Å²) in [5.41, 5.74) is 2.89. The number of para-hydroxylation sites is 1. The highest BCUT2D eigenvalue weighted by atomic mass is 32.2. The first kappa shape index (κ1) is 24.9. The average molecular weight is 488 g/mol. The number of amides is 1. The lowest BCUT2D eigenvalue weighted by Crippen LogP contribution is -2.44. The number of hydrogen-bond donors (Lipinski definition) is 2. The van der Waals surface area contributed by atoms with E-state index in [1.54, 1.807) is 13.8 Å². The molecule has 186 valence electrons. The Balaban J connectivity index is 1.44. The highest BCUT2D eigenvalue weighted by Gasteiger charge is 2.36. The van der Waals surface area contributed by atoms with E-state index in [9.17, 15) is 13.2 Å². The summed E-state index contributed by atoms with van der Waals surface area (Å²) in [7, 11) is -1.54. The number of carbonyl (C=O) groups excluding carboxylic acids is 1. The lowest BCUT2D eigenvalue weighted by Gasteiger charge is -2.32. The number of nitrogens with zero attached hydrogens (tertiary/aromatic N) is 3. The molecule has 4 rings (SSSR count). The van der Waals surface area contributed by atoms with Gasteiger partial charge in [-0.3, -0.25) is 14.8 Å². The maximum Gasteiger partial charge on any atom is 0.246 e. The summed E-state index contributed by atoms with van der Waals surface area (Å²) in [5.74, 6) is -0.506. The molecular weight excluding hydrogens is 450 g/mol. The number of sulfonamides is 1. The first-order valence-corrected chi connectivity index (χ1v) is 13.8. The predicted octanol–water partition coefficient (Wildman–Crippen LogP) is 3.83. The highest BCUT2D eigenvalue weighted by molar-refractivity contribution is 7.89. The molecule has 1 atom stereocenters. The molecule has 2 aromatic rings. The Bertz CT molecular complexity index is 1090. The van der Waals surface area contributed by atoms with Crippen LogP contribution in [0.1, 0.15) is 61.9 Å². The normalized spacial score (nSPS) is 20.5. The van der Waals surface area contributed by atoms with E-state index in [0.29, 0.717) is 36.8 Å². The molecule has 1 saturated carbocycles. The van der Waals surface area contributed by atoms with Gasteiger partial charge in [-0.25, -0.2) is 8.42 Å². The number of H-pyrrole nitrogens is 1. The minimum atomic E-state index is -3.70. The number of hydrogen-bond acceptors (Lipinski definition) is 5. The third-order valence-electron chi connectivity index (χ3n) is 7.31. The average Bonchev–Trinajstić information content (AvgIpc) is 3.19. The van der Waals surface area contributed by atoms with E-state index in [1.165, 1.54) is 36.4 Å². The van der Waals surface area contributed by atoms with Crippen LogP contribution in [-0.2, 0) is 21.4 Å². The Kier molecular flexibility index (Phi) is 7.74. The molecule has 0 bridgehead atoms. The number of aromatic amines is 1. The van der Waals surface area contributed by atoms with Gasteiger partial charge in [0, 0.05) is 31.4 Å². The van der Waals surface area contributed by atoms with Crippen LogP contribution in [0.4, 0.5) is 5.69 Å². The first-order valence-electron chi connectivity index (χ1n) is 12.4. The Morgan fingerprint density at radius 1 is 1.15 bits per heavy atom. The van der Waals surface area contributed by atoms with E-state index in [1.807, 2.05) is 18.2 Å². The van der Waals surface area contributed by atoms with Crippen LogP contribution >= 0.6 is 0 Å². The molecule has 0 radical (unpaired) electrons. The fourth-order valence-electron chi connectivity index (χ4n) is 5.36. The number of carbonyl (C=O) groups is 1. The van der Waals surface area contributed by atoms with Crippen LogP contribution in [0.25, 0.3) is 0 Å². The van der Waals surface area contributed by atoms with E-state index >= 15 is 0 Å². The third kappa shape index (κ3) is 5.37. The molecule has 2 heterocycles. The van der Waals surface area contributed by atoms with Crippen molar-refractivity contribution in [3.63, 3.8) is 0 Å². The van der Waals surface area contributed by atoms with Gasteiger partial charge in [0.05, 0.1) is 17.3 Å². The summed E-state index contributed by atoms with van der Waals surface area (Å²) in [6.45, 7) is 4.78. The number of piperidine rings is 1. The van der Waals surface area contributed by atoms with Crippen molar-refractivity contribution >= 4 is 21.6 Å². The molecule has 1 saturated heterocycles. The quantitative estimate of drug-likeness (QED) is 0.619. The Morgan fingerprint density at radius 2 is 1.88 bits per heavy atom. The third-order valence-corrected chi connectivity index (χ3v) is 9.44. The summed E-state index contributed by atoms with van der Waals surface area (Å²) in [6.07, 6.45) is 7.67. The van der Waals surface area contributed by atoms with E-state index in [-0.39, 0.29) is 23.3 Å². The van der Waals surface area contributed by atoms with E-state index in [4.69, 9.17) is 0 Å². The maximum atomic E-state index is 13.3. The highest BCUT2D eigenvalue weighted by Crippen LogP contribution is 2.29. The lowest BCUT2D eigenvalue weighted by molar-refractivity contribution is -0.120. The van der Waals surface area contributed by atoms with Gasteiger partial charge in [0.2, 0.25) is 15.9 Å². The molecule has 1 aliphatic heterocycles. The van der Waals surface area contributed by atoms with Crippen LogP contribution in [0.15, 0.2) is 29.2 Å². The molecule has 9 heteroatoms. The zero-order valence-electron chi connectivity index (χ0n) is 20.5. The molecule has 8 nitrogen and oxygen atoms in total. The SMILES string of the molecule is Cc1n[nH]c(C)c1S(=O)(=O)N1CCC[C@@H](C(=O)Nc2ccccc2CN(C)C2CCCCC2)C1. The monoisotopic (exact) mass is 487 g/mol. The Labute approximate surface area is 203 Å². The molecule has 1 aliphatic carbocycles. The minimum Gasteiger partial charge on any atom is -0.326 e. The second-order valence-electron chi connectivity index (χ2n) is 9.82. The van der Waals surface area contributed by atoms with Crippen molar-refractivity contribution in [1.29, 1.82) is 0 Å². The number of benzene rings is 1. The van der Waals surface area contributed by atoms with Crippen LogP contribution < -0.4 is 5.32 Å². The van der Waals surface area contributed by atoms with E-state index in [2.05, 4.69) is 33.5 Å². The van der Waals surface area contributed by atoms with Crippen molar-refractivity contribution in [3.05, 3.63) is 41.2 Å². The van der Waals surface area contributed by atoms with Gasteiger partial charge >= 0.3 is 0 Å². The largest absolute Gasteiger partial charge is 0.326 e. The molecule has 0 spiro atoms. The molecular formula is C25H37N5O3S. The molecule has 2 N–H and O–H groups in total. The van der Waals surface area contributed by atoms with Crippen LogP contribution in [0.3, 0.4) is 0 Å². The summed E-state index contributed by atoms with van der Waals surface area (Å²) < 4.78 is 28.0. The van der Waals surface area contributed by atoms with Crippen LogP contribution in [0, 0.1) is 19.8 Å². The predicted molar refractivity (Wildman–Crippen MR) is 133 cm³/mol. The fraction of sp³-hybridized carbons (Fsp3) is 0.600. The molecule has 1 amide bonds. The van der Waals surface area contributed by atoms with Crippen LogP contribution in [0.2, 0.25) is 0 Å². The molecule has 1 aromatic heterocycles. The van der Waals surface area contributed by atoms with Gasteiger partial charge < -0.3 is 5.32 Å². The molecule has 0 unspecified atom stereocenters. The Hall–Kier alpha value is -2.23. The number of aryl methyl sites for hydroxylation is 2.